The highest BCUT2D eigenvalue weighted by molar-refractivity contribution is 6.30. The van der Waals surface area contributed by atoms with Gasteiger partial charge in [-0.1, -0.05) is 41.9 Å². The predicted octanol–water partition coefficient (Wildman–Crippen LogP) is 5.99. The molecule has 0 bridgehead atoms. The molecule has 1 aromatic heterocycles. The number of halogens is 2. The lowest BCUT2D eigenvalue weighted by atomic mass is 9.99. The first-order chi connectivity index (χ1) is 14.6. The predicted molar refractivity (Wildman–Crippen MR) is 116 cm³/mol. The highest BCUT2D eigenvalue weighted by Crippen LogP contribution is 2.45. The summed E-state index contributed by atoms with van der Waals surface area (Å²) in [6.07, 6.45) is 4.92. The Bertz CT molecular complexity index is 972. The molecular formula is C25H24ClFN2O. The molecule has 1 fully saturated rings. The van der Waals surface area contributed by atoms with Gasteiger partial charge >= 0.3 is 0 Å². The van der Waals surface area contributed by atoms with Gasteiger partial charge in [0.2, 0.25) is 5.91 Å². The maximum Gasteiger partial charge on any atom is 0.223 e. The second-order valence-electron chi connectivity index (χ2n) is 7.80. The third-order valence-electron chi connectivity index (χ3n) is 5.54. The van der Waals surface area contributed by atoms with Crippen LogP contribution in [0.15, 0.2) is 72.9 Å². The van der Waals surface area contributed by atoms with Gasteiger partial charge in [0.05, 0.1) is 18.3 Å². The Hall–Kier alpha value is -2.72. The van der Waals surface area contributed by atoms with E-state index in [0.717, 1.165) is 29.7 Å². The van der Waals surface area contributed by atoms with E-state index < -0.39 is 0 Å². The Labute approximate surface area is 181 Å². The summed E-state index contributed by atoms with van der Waals surface area (Å²) >= 11 is 6.09. The number of aryl methyl sites for hydroxylation is 1. The van der Waals surface area contributed by atoms with Crippen molar-refractivity contribution in [1.82, 2.24) is 9.88 Å². The van der Waals surface area contributed by atoms with Gasteiger partial charge in [0.1, 0.15) is 5.82 Å². The van der Waals surface area contributed by atoms with Crippen LogP contribution in [0.3, 0.4) is 0 Å². The van der Waals surface area contributed by atoms with Gasteiger partial charge in [0.25, 0.3) is 0 Å². The molecule has 3 nitrogen and oxygen atoms in total. The number of amides is 1. The number of hydrogen-bond acceptors (Lipinski definition) is 2. The molecule has 1 saturated carbocycles. The first-order valence-corrected chi connectivity index (χ1v) is 10.7. The van der Waals surface area contributed by atoms with Gasteiger partial charge in [0.15, 0.2) is 0 Å². The van der Waals surface area contributed by atoms with Crippen LogP contribution in [-0.4, -0.2) is 15.8 Å². The minimum Gasteiger partial charge on any atom is -0.329 e. The zero-order valence-electron chi connectivity index (χ0n) is 16.7. The van der Waals surface area contributed by atoms with Gasteiger partial charge in [-0.2, -0.15) is 0 Å². The van der Waals surface area contributed by atoms with E-state index in [4.69, 9.17) is 11.6 Å². The van der Waals surface area contributed by atoms with Crippen molar-refractivity contribution < 1.29 is 9.18 Å². The molecule has 30 heavy (non-hydrogen) atoms. The summed E-state index contributed by atoms with van der Waals surface area (Å²) < 4.78 is 13.2. The fourth-order valence-electron chi connectivity index (χ4n) is 3.83. The molecule has 1 aliphatic rings. The Balaban J connectivity index is 1.58. The molecule has 154 valence electrons. The normalized spacial score (nSPS) is 14.3. The van der Waals surface area contributed by atoms with Crippen molar-refractivity contribution in [3.63, 3.8) is 0 Å². The molecule has 0 radical (unpaired) electrons. The molecule has 2 aromatic carbocycles. The lowest BCUT2D eigenvalue weighted by molar-refractivity contribution is -0.135. The molecule has 3 aromatic rings. The number of nitrogens with zero attached hydrogens (tertiary/aromatic N) is 2. The van der Waals surface area contributed by atoms with Gasteiger partial charge in [-0.25, -0.2) is 4.39 Å². The van der Waals surface area contributed by atoms with Gasteiger partial charge in [-0.15, -0.1) is 0 Å². The van der Waals surface area contributed by atoms with Gasteiger partial charge in [0, 0.05) is 17.6 Å². The third kappa shape index (κ3) is 5.25. The average molecular weight is 423 g/mol. The van der Waals surface area contributed by atoms with E-state index in [-0.39, 0.29) is 17.8 Å². The summed E-state index contributed by atoms with van der Waals surface area (Å²) in [6, 6.07) is 19.9. The molecule has 1 unspecified atom stereocenters. The number of hydrogen-bond donors (Lipinski definition) is 0. The third-order valence-corrected chi connectivity index (χ3v) is 5.79. The van der Waals surface area contributed by atoms with E-state index >= 15 is 0 Å². The standard InChI is InChI=1S/C25H24ClFN2O/c26-21-11-9-20(10-12-21)25(19-7-8-19)29(17-23-3-1-2-16-28-23)24(30)15-6-18-4-13-22(27)14-5-18/h1-5,9-14,16,19,25H,6-8,15,17H2. The zero-order chi connectivity index (χ0) is 20.9. The second kappa shape index (κ2) is 9.40. The lowest BCUT2D eigenvalue weighted by Crippen LogP contribution is -2.36. The fraction of sp³-hybridized carbons (Fsp3) is 0.280. The van der Waals surface area contributed by atoms with E-state index in [2.05, 4.69) is 4.98 Å². The quantitative estimate of drug-likeness (QED) is 0.447. The summed E-state index contributed by atoms with van der Waals surface area (Å²) in [5.74, 6) is 0.264. The van der Waals surface area contributed by atoms with E-state index in [1.54, 1.807) is 18.3 Å². The number of carbonyl (C=O) groups excluding carboxylic acids is 1. The smallest absolute Gasteiger partial charge is 0.223 e. The molecule has 1 heterocycles. The Morgan fingerprint density at radius 3 is 2.43 bits per heavy atom. The fourth-order valence-corrected chi connectivity index (χ4v) is 3.96. The monoisotopic (exact) mass is 422 g/mol. The summed E-state index contributed by atoms with van der Waals surface area (Å²) in [5.41, 5.74) is 2.93. The van der Waals surface area contributed by atoms with Gasteiger partial charge in [-0.05, 0) is 72.7 Å². The van der Waals surface area contributed by atoms with Crippen LogP contribution in [0.4, 0.5) is 4.39 Å². The van der Waals surface area contributed by atoms with E-state index in [9.17, 15) is 9.18 Å². The van der Waals surface area contributed by atoms with Crippen LogP contribution in [0.1, 0.15) is 42.1 Å². The SMILES string of the molecule is O=C(CCc1ccc(F)cc1)N(Cc1ccccn1)C(c1ccc(Cl)cc1)C1CC1. The summed E-state index contributed by atoms with van der Waals surface area (Å²) in [5, 5.41) is 0.687. The molecule has 0 saturated heterocycles. The molecule has 1 aliphatic carbocycles. The minimum absolute atomic E-state index is 0.00462. The average Bonchev–Trinajstić information content (AvgIpc) is 3.60. The minimum atomic E-state index is -0.265. The van der Waals surface area contributed by atoms with Crippen LogP contribution in [-0.2, 0) is 17.8 Å². The van der Waals surface area contributed by atoms with E-state index in [1.165, 1.54) is 12.1 Å². The molecule has 1 amide bonds. The zero-order valence-corrected chi connectivity index (χ0v) is 17.4. The molecule has 0 N–H and O–H groups in total. The first-order valence-electron chi connectivity index (χ1n) is 10.3. The Morgan fingerprint density at radius 1 is 1.07 bits per heavy atom. The topological polar surface area (TPSA) is 33.2 Å². The maximum absolute atomic E-state index is 13.4. The van der Waals surface area contributed by atoms with E-state index in [1.807, 2.05) is 47.4 Å². The number of carbonyl (C=O) groups is 1. The van der Waals surface area contributed by atoms with Crippen LogP contribution >= 0.6 is 11.6 Å². The number of benzene rings is 2. The molecule has 0 spiro atoms. The molecular weight excluding hydrogens is 399 g/mol. The van der Waals surface area contributed by atoms with Crippen LogP contribution in [0, 0.1) is 11.7 Å². The van der Waals surface area contributed by atoms with Crippen molar-refractivity contribution in [2.75, 3.05) is 0 Å². The van der Waals surface area contributed by atoms with Crippen LogP contribution in [0.25, 0.3) is 0 Å². The lowest BCUT2D eigenvalue weighted by Gasteiger charge is -2.32. The van der Waals surface area contributed by atoms with Crippen molar-refractivity contribution in [3.8, 4) is 0 Å². The highest BCUT2D eigenvalue weighted by atomic mass is 35.5. The van der Waals surface area contributed by atoms with Crippen molar-refractivity contribution in [3.05, 3.63) is 101 Å². The van der Waals surface area contributed by atoms with Crippen molar-refractivity contribution >= 4 is 17.5 Å². The molecule has 0 aliphatic heterocycles. The Kier molecular flexibility index (Phi) is 6.44. The second-order valence-corrected chi connectivity index (χ2v) is 8.24. The Morgan fingerprint density at radius 2 is 1.80 bits per heavy atom. The van der Waals surface area contributed by atoms with Crippen LogP contribution in [0.2, 0.25) is 5.02 Å². The maximum atomic E-state index is 13.4. The van der Waals surface area contributed by atoms with Crippen LogP contribution in [0.5, 0.6) is 0 Å². The highest BCUT2D eigenvalue weighted by Gasteiger charge is 2.38. The van der Waals surface area contributed by atoms with Crippen molar-refractivity contribution in [1.29, 1.82) is 0 Å². The summed E-state index contributed by atoms with van der Waals surface area (Å²) in [4.78, 5) is 19.8. The molecule has 5 heteroatoms. The van der Waals surface area contributed by atoms with Crippen LogP contribution < -0.4 is 0 Å². The number of rotatable bonds is 8. The van der Waals surface area contributed by atoms with Crippen molar-refractivity contribution in [2.24, 2.45) is 5.92 Å². The largest absolute Gasteiger partial charge is 0.329 e. The molecule has 1 atom stereocenters. The number of pyridine rings is 1. The summed E-state index contributed by atoms with van der Waals surface area (Å²) in [7, 11) is 0. The summed E-state index contributed by atoms with van der Waals surface area (Å²) in [6.45, 7) is 0.465. The van der Waals surface area contributed by atoms with Gasteiger partial charge in [-0.3, -0.25) is 9.78 Å². The number of aromatic nitrogens is 1. The molecule has 4 rings (SSSR count). The van der Waals surface area contributed by atoms with Gasteiger partial charge < -0.3 is 4.90 Å². The van der Waals surface area contributed by atoms with Crippen molar-refractivity contribution in [2.45, 2.75) is 38.3 Å². The first kappa shape index (κ1) is 20.5. The van der Waals surface area contributed by atoms with E-state index in [0.29, 0.717) is 30.3 Å².